The number of nitrogens with two attached hydrogens (primary N) is 1. The average molecular weight is 345 g/mol. The van der Waals surface area contributed by atoms with Crippen molar-refractivity contribution in [3.05, 3.63) is 24.3 Å². The van der Waals surface area contributed by atoms with Gasteiger partial charge in [-0.25, -0.2) is 0 Å². The molecule has 0 spiro atoms. The van der Waals surface area contributed by atoms with Gasteiger partial charge in [0.1, 0.15) is 11.5 Å². The van der Waals surface area contributed by atoms with Crippen molar-refractivity contribution in [1.82, 2.24) is 5.32 Å². The molecule has 23 heavy (non-hydrogen) atoms. The van der Waals surface area contributed by atoms with Gasteiger partial charge >= 0.3 is 0 Å². The Labute approximate surface area is 145 Å². The molecule has 0 aromatic heterocycles. The van der Waals surface area contributed by atoms with Gasteiger partial charge in [-0.15, -0.1) is 12.4 Å². The molecule has 0 radical (unpaired) electrons. The van der Waals surface area contributed by atoms with E-state index in [1.807, 2.05) is 31.2 Å². The van der Waals surface area contributed by atoms with E-state index in [4.69, 9.17) is 15.2 Å². The molecule has 1 atom stereocenters. The zero-order valence-corrected chi connectivity index (χ0v) is 15.2. The summed E-state index contributed by atoms with van der Waals surface area (Å²) in [5, 5.41) is 3.02. The highest BCUT2D eigenvalue weighted by molar-refractivity contribution is 5.85. The third kappa shape index (κ3) is 7.10. The fourth-order valence-electron chi connectivity index (χ4n) is 1.91. The molecule has 0 fully saturated rings. The summed E-state index contributed by atoms with van der Waals surface area (Å²) in [5.41, 5.74) is 5.41. The molecule has 0 aliphatic carbocycles. The second-order valence-corrected chi connectivity index (χ2v) is 5.95. The van der Waals surface area contributed by atoms with Crippen LogP contribution in [-0.2, 0) is 4.79 Å². The Morgan fingerprint density at radius 1 is 1.26 bits per heavy atom. The molecular formula is C17H29ClN2O3. The van der Waals surface area contributed by atoms with Crippen LogP contribution >= 0.6 is 12.4 Å². The van der Waals surface area contributed by atoms with Crippen molar-refractivity contribution in [2.24, 2.45) is 11.7 Å². The SMILES string of the molecule is COc1ccc(OCCCC(=O)NC(C)(CN)C(C)C)cc1.Cl. The molecule has 1 aromatic rings. The average Bonchev–Trinajstić information content (AvgIpc) is 2.51. The Bertz CT molecular complexity index is 465. The van der Waals surface area contributed by atoms with E-state index in [1.165, 1.54) is 0 Å². The van der Waals surface area contributed by atoms with Crippen LogP contribution in [0.15, 0.2) is 24.3 Å². The highest BCUT2D eigenvalue weighted by atomic mass is 35.5. The molecule has 6 heteroatoms. The summed E-state index contributed by atoms with van der Waals surface area (Å²) >= 11 is 0. The molecule has 1 amide bonds. The number of nitrogens with one attached hydrogen (secondary N) is 1. The summed E-state index contributed by atoms with van der Waals surface area (Å²) in [7, 11) is 1.63. The van der Waals surface area contributed by atoms with Gasteiger partial charge in [0.25, 0.3) is 0 Å². The van der Waals surface area contributed by atoms with Crippen molar-refractivity contribution in [3.8, 4) is 11.5 Å². The normalized spacial score (nSPS) is 13.0. The number of hydrogen-bond donors (Lipinski definition) is 2. The molecule has 0 saturated heterocycles. The smallest absolute Gasteiger partial charge is 0.220 e. The Kier molecular flexibility index (Phi) is 9.68. The zero-order valence-electron chi connectivity index (χ0n) is 14.4. The monoisotopic (exact) mass is 344 g/mol. The summed E-state index contributed by atoms with van der Waals surface area (Å²) in [6.07, 6.45) is 1.09. The van der Waals surface area contributed by atoms with Crippen LogP contribution in [0.4, 0.5) is 0 Å². The minimum atomic E-state index is -0.353. The van der Waals surface area contributed by atoms with Gasteiger partial charge < -0.3 is 20.5 Å². The number of amides is 1. The first-order chi connectivity index (χ1) is 10.4. The maximum Gasteiger partial charge on any atom is 0.220 e. The number of halogens is 1. The van der Waals surface area contributed by atoms with Gasteiger partial charge in [0.05, 0.1) is 19.3 Å². The lowest BCUT2D eigenvalue weighted by Crippen LogP contribution is -2.55. The number of benzene rings is 1. The summed E-state index contributed by atoms with van der Waals surface area (Å²) in [6.45, 7) is 7.02. The molecule has 0 bridgehead atoms. The van der Waals surface area contributed by atoms with Gasteiger partial charge in [-0.05, 0) is 43.5 Å². The van der Waals surface area contributed by atoms with Crippen molar-refractivity contribution < 1.29 is 14.3 Å². The fourth-order valence-corrected chi connectivity index (χ4v) is 1.91. The quantitative estimate of drug-likeness (QED) is 0.675. The van der Waals surface area contributed by atoms with E-state index in [0.717, 1.165) is 11.5 Å². The Balaban J connectivity index is 0.00000484. The van der Waals surface area contributed by atoms with E-state index in [9.17, 15) is 4.79 Å². The number of carbonyl (C=O) groups excluding carboxylic acids is 1. The molecule has 1 rings (SSSR count). The number of methoxy groups -OCH3 is 1. The van der Waals surface area contributed by atoms with Crippen molar-refractivity contribution in [2.75, 3.05) is 20.3 Å². The molecule has 0 heterocycles. The lowest BCUT2D eigenvalue weighted by Gasteiger charge is -2.33. The standard InChI is InChI=1S/C17H28N2O3.ClH/c1-13(2)17(3,12-18)19-16(20)6-5-11-22-15-9-7-14(21-4)8-10-15;/h7-10,13H,5-6,11-12,18H2,1-4H3,(H,19,20);1H. The summed E-state index contributed by atoms with van der Waals surface area (Å²) in [5.74, 6) is 1.87. The van der Waals surface area contributed by atoms with E-state index < -0.39 is 0 Å². The molecule has 1 aromatic carbocycles. The first-order valence-corrected chi connectivity index (χ1v) is 7.69. The van der Waals surface area contributed by atoms with E-state index in [2.05, 4.69) is 19.2 Å². The van der Waals surface area contributed by atoms with Gasteiger partial charge in [0.2, 0.25) is 5.91 Å². The summed E-state index contributed by atoms with van der Waals surface area (Å²) in [6, 6.07) is 7.39. The fraction of sp³-hybridized carbons (Fsp3) is 0.588. The third-order valence-corrected chi connectivity index (χ3v) is 4.00. The van der Waals surface area contributed by atoms with Gasteiger partial charge in [-0.3, -0.25) is 4.79 Å². The highest BCUT2D eigenvalue weighted by Gasteiger charge is 2.28. The number of hydrogen-bond acceptors (Lipinski definition) is 4. The maximum atomic E-state index is 12.0. The van der Waals surface area contributed by atoms with Gasteiger partial charge in [-0.2, -0.15) is 0 Å². The van der Waals surface area contributed by atoms with Gasteiger partial charge in [0, 0.05) is 13.0 Å². The molecular weight excluding hydrogens is 316 g/mol. The van der Waals surface area contributed by atoms with E-state index in [0.29, 0.717) is 26.0 Å². The Hall–Kier alpha value is -1.46. The molecule has 5 nitrogen and oxygen atoms in total. The first-order valence-electron chi connectivity index (χ1n) is 7.69. The predicted molar refractivity (Wildman–Crippen MR) is 95.4 cm³/mol. The van der Waals surface area contributed by atoms with Crippen molar-refractivity contribution in [3.63, 3.8) is 0 Å². The summed E-state index contributed by atoms with van der Waals surface area (Å²) in [4.78, 5) is 12.0. The largest absolute Gasteiger partial charge is 0.497 e. The van der Waals surface area contributed by atoms with Gasteiger partial charge in [-0.1, -0.05) is 13.8 Å². The number of ether oxygens (including phenoxy) is 2. The lowest BCUT2D eigenvalue weighted by molar-refractivity contribution is -0.123. The Morgan fingerprint density at radius 2 is 1.83 bits per heavy atom. The number of carbonyl (C=O) groups is 1. The van der Waals surface area contributed by atoms with Crippen LogP contribution in [-0.4, -0.2) is 31.7 Å². The zero-order chi connectivity index (χ0) is 16.6. The van der Waals surface area contributed by atoms with Crippen molar-refractivity contribution in [2.45, 2.75) is 39.2 Å². The van der Waals surface area contributed by atoms with Crippen LogP contribution in [0.1, 0.15) is 33.6 Å². The van der Waals surface area contributed by atoms with Crippen molar-refractivity contribution >= 4 is 18.3 Å². The van der Waals surface area contributed by atoms with E-state index >= 15 is 0 Å². The van der Waals surface area contributed by atoms with Crippen LogP contribution in [0.25, 0.3) is 0 Å². The molecule has 1 unspecified atom stereocenters. The van der Waals surface area contributed by atoms with Gasteiger partial charge in [0.15, 0.2) is 0 Å². The van der Waals surface area contributed by atoms with Crippen molar-refractivity contribution in [1.29, 1.82) is 0 Å². The first kappa shape index (κ1) is 21.5. The van der Waals surface area contributed by atoms with Crippen LogP contribution in [0.5, 0.6) is 11.5 Å². The van der Waals surface area contributed by atoms with E-state index in [-0.39, 0.29) is 29.8 Å². The molecule has 0 aliphatic heterocycles. The molecule has 3 N–H and O–H groups in total. The minimum Gasteiger partial charge on any atom is -0.497 e. The third-order valence-electron chi connectivity index (χ3n) is 4.00. The topological polar surface area (TPSA) is 73.6 Å². The second-order valence-electron chi connectivity index (χ2n) is 5.95. The molecule has 0 aliphatic rings. The minimum absolute atomic E-state index is 0. The Morgan fingerprint density at radius 3 is 2.30 bits per heavy atom. The highest BCUT2D eigenvalue weighted by Crippen LogP contribution is 2.17. The molecule has 0 saturated carbocycles. The van der Waals surface area contributed by atoms with Crippen LogP contribution in [0, 0.1) is 5.92 Å². The summed E-state index contributed by atoms with van der Waals surface area (Å²) < 4.78 is 10.7. The van der Waals surface area contributed by atoms with Crippen LogP contribution in [0.2, 0.25) is 0 Å². The van der Waals surface area contributed by atoms with E-state index in [1.54, 1.807) is 7.11 Å². The maximum absolute atomic E-state index is 12.0. The van der Waals surface area contributed by atoms with Crippen LogP contribution < -0.4 is 20.5 Å². The predicted octanol–water partition coefficient (Wildman–Crippen LogP) is 2.77. The number of rotatable bonds is 9. The van der Waals surface area contributed by atoms with Crippen LogP contribution in [0.3, 0.4) is 0 Å². The second kappa shape index (κ2) is 10.3. The molecule has 132 valence electrons. The lowest BCUT2D eigenvalue weighted by atomic mass is 9.88.